The molecule has 1 N–H and O–H groups in total. The molecular weight excluding hydrogens is 338 g/mol. The number of hydrogen-bond acceptors (Lipinski definition) is 3. The van der Waals surface area contributed by atoms with Gasteiger partial charge in [-0.25, -0.2) is 4.79 Å². The molecule has 4 nitrogen and oxygen atoms in total. The van der Waals surface area contributed by atoms with E-state index >= 15 is 0 Å². The number of carbonyl (C=O) groups excluding carboxylic acids is 1. The third-order valence-electron chi connectivity index (χ3n) is 8.36. The lowest BCUT2D eigenvalue weighted by atomic mass is 9.53. The van der Waals surface area contributed by atoms with Crippen molar-refractivity contribution in [3.05, 3.63) is 11.6 Å². The molecule has 4 rings (SSSR count). The van der Waals surface area contributed by atoms with Gasteiger partial charge in [-0.15, -0.1) is 0 Å². The Kier molecular flexibility index (Phi) is 5.30. The molecule has 2 saturated carbocycles. The van der Waals surface area contributed by atoms with Crippen molar-refractivity contribution in [2.45, 2.75) is 90.2 Å². The molecule has 1 aliphatic heterocycles. The van der Waals surface area contributed by atoms with E-state index in [2.05, 4.69) is 32.2 Å². The third kappa shape index (κ3) is 3.32. The molecule has 1 amide bonds. The van der Waals surface area contributed by atoms with Crippen molar-refractivity contribution < 1.29 is 14.3 Å². The monoisotopic (exact) mass is 375 g/mol. The highest BCUT2D eigenvalue weighted by molar-refractivity contribution is 5.67. The molecule has 3 fully saturated rings. The Morgan fingerprint density at radius 3 is 2.59 bits per heavy atom. The van der Waals surface area contributed by atoms with E-state index in [4.69, 9.17) is 9.47 Å². The van der Waals surface area contributed by atoms with Gasteiger partial charge < -0.3 is 14.8 Å². The number of carbonyl (C=O) groups is 1. The second kappa shape index (κ2) is 7.42. The van der Waals surface area contributed by atoms with Crippen molar-refractivity contribution in [3.63, 3.8) is 0 Å². The number of hydrogen-bond donors (Lipinski definition) is 1. The van der Waals surface area contributed by atoms with E-state index in [1.54, 1.807) is 0 Å². The molecule has 2 bridgehead atoms. The van der Waals surface area contributed by atoms with Crippen LogP contribution in [-0.4, -0.2) is 30.9 Å². The molecule has 27 heavy (non-hydrogen) atoms. The summed E-state index contributed by atoms with van der Waals surface area (Å²) in [6.45, 7) is 8.11. The van der Waals surface area contributed by atoms with Gasteiger partial charge in [0.25, 0.3) is 0 Å². The topological polar surface area (TPSA) is 47.6 Å². The Bertz CT molecular complexity index is 588. The summed E-state index contributed by atoms with van der Waals surface area (Å²) in [6, 6.07) is 0.296. The highest BCUT2D eigenvalue weighted by Crippen LogP contribution is 2.59. The summed E-state index contributed by atoms with van der Waals surface area (Å²) in [5, 5.41) is 3.10. The first kappa shape index (κ1) is 19.3. The summed E-state index contributed by atoms with van der Waals surface area (Å²) in [7, 11) is 0. The molecular formula is C23H37NO3. The fourth-order valence-electron chi connectivity index (χ4n) is 6.69. The minimum atomic E-state index is -0.236. The molecule has 0 aromatic rings. The molecule has 0 aromatic heterocycles. The molecule has 1 spiro atoms. The van der Waals surface area contributed by atoms with E-state index in [1.165, 1.54) is 50.5 Å². The summed E-state index contributed by atoms with van der Waals surface area (Å²) in [6.07, 6.45) is 13.0. The molecule has 1 heterocycles. The van der Waals surface area contributed by atoms with Crippen LogP contribution in [0, 0.1) is 23.2 Å². The van der Waals surface area contributed by atoms with Crippen LogP contribution in [0.15, 0.2) is 11.6 Å². The summed E-state index contributed by atoms with van der Waals surface area (Å²) in [5.41, 5.74) is 1.43. The number of rotatable bonds is 3. The quantitative estimate of drug-likeness (QED) is 0.688. The summed E-state index contributed by atoms with van der Waals surface area (Å²) >= 11 is 0. The van der Waals surface area contributed by atoms with Gasteiger partial charge in [-0.1, -0.05) is 57.6 Å². The van der Waals surface area contributed by atoms with Gasteiger partial charge in [0.05, 0.1) is 12.2 Å². The van der Waals surface area contributed by atoms with Gasteiger partial charge in [0.1, 0.15) is 6.61 Å². The van der Waals surface area contributed by atoms with Gasteiger partial charge in [0.2, 0.25) is 0 Å². The number of nitrogens with one attached hydrogen (secondary N) is 1. The van der Waals surface area contributed by atoms with Crippen LogP contribution < -0.4 is 5.32 Å². The fourth-order valence-corrected chi connectivity index (χ4v) is 6.69. The van der Waals surface area contributed by atoms with E-state index in [-0.39, 0.29) is 17.1 Å². The maximum atomic E-state index is 12.4. The molecule has 4 atom stereocenters. The first-order valence-corrected chi connectivity index (χ1v) is 11.2. The summed E-state index contributed by atoms with van der Waals surface area (Å²) in [5.74, 6) is 1.31. The lowest BCUT2D eigenvalue weighted by Crippen LogP contribution is -2.61. The molecule has 0 unspecified atom stereocenters. The minimum Gasteiger partial charge on any atom is -0.449 e. The Balaban J connectivity index is 1.45. The SMILES string of the molecule is CC1=C[C@H](C)[C@]2(COC(=O)NC3CCCCC3)COC3(CCCC3)[C@H]1[C@H]2C. The van der Waals surface area contributed by atoms with Crippen LogP contribution in [-0.2, 0) is 9.47 Å². The van der Waals surface area contributed by atoms with Crippen molar-refractivity contribution in [2.75, 3.05) is 13.2 Å². The average molecular weight is 376 g/mol. The zero-order valence-corrected chi connectivity index (χ0v) is 17.4. The average Bonchev–Trinajstić information content (AvgIpc) is 3.10. The van der Waals surface area contributed by atoms with Gasteiger partial charge in [-0.2, -0.15) is 0 Å². The smallest absolute Gasteiger partial charge is 0.407 e. The van der Waals surface area contributed by atoms with Crippen LogP contribution in [0.2, 0.25) is 0 Å². The standard InChI is InChI=1S/C23H37NO3/c1-16-13-17(2)22(14-26-21(25)24-19-9-5-4-6-10-19)15-27-23(11-7-8-12-23)20(16)18(22)3/h13,17-20H,4-12,14-15H2,1-3H3,(H,24,25)/t17-,18+,20+,22-/m0/s1. The highest BCUT2D eigenvalue weighted by Gasteiger charge is 2.60. The fraction of sp³-hybridized carbons (Fsp3) is 0.870. The number of allylic oxidation sites excluding steroid dienone is 1. The van der Waals surface area contributed by atoms with E-state index in [9.17, 15) is 4.79 Å². The Morgan fingerprint density at radius 1 is 1.19 bits per heavy atom. The Hall–Kier alpha value is -1.03. The number of ether oxygens (including phenoxy) is 2. The van der Waals surface area contributed by atoms with Crippen LogP contribution in [0.5, 0.6) is 0 Å². The second-order valence-electron chi connectivity index (χ2n) is 9.81. The van der Waals surface area contributed by atoms with E-state index in [0.717, 1.165) is 12.8 Å². The molecule has 3 aliphatic carbocycles. The maximum absolute atomic E-state index is 12.4. The normalized spacial score (nSPS) is 38.5. The molecule has 4 aliphatic rings. The van der Waals surface area contributed by atoms with Gasteiger partial charge in [-0.3, -0.25) is 0 Å². The van der Waals surface area contributed by atoms with E-state index in [1.807, 2.05) is 0 Å². The number of amides is 1. The lowest BCUT2D eigenvalue weighted by Gasteiger charge is -2.59. The first-order valence-electron chi connectivity index (χ1n) is 11.2. The predicted octanol–water partition coefficient (Wildman–Crippen LogP) is 5.22. The zero-order valence-electron chi connectivity index (χ0n) is 17.4. The van der Waals surface area contributed by atoms with E-state index in [0.29, 0.717) is 37.0 Å². The van der Waals surface area contributed by atoms with Crippen molar-refractivity contribution >= 4 is 6.09 Å². The highest BCUT2D eigenvalue weighted by atomic mass is 16.6. The zero-order chi connectivity index (χ0) is 19.1. The largest absolute Gasteiger partial charge is 0.449 e. The summed E-state index contributed by atoms with van der Waals surface area (Å²) in [4.78, 5) is 12.4. The number of alkyl carbamates (subject to hydrolysis) is 1. The molecule has 1 saturated heterocycles. The second-order valence-corrected chi connectivity index (χ2v) is 9.81. The van der Waals surface area contributed by atoms with Crippen LogP contribution in [0.4, 0.5) is 4.79 Å². The van der Waals surface area contributed by atoms with Crippen LogP contribution in [0.3, 0.4) is 0 Å². The summed E-state index contributed by atoms with van der Waals surface area (Å²) < 4.78 is 12.5. The Morgan fingerprint density at radius 2 is 1.89 bits per heavy atom. The van der Waals surface area contributed by atoms with Crippen LogP contribution in [0.25, 0.3) is 0 Å². The van der Waals surface area contributed by atoms with Crippen molar-refractivity contribution in [2.24, 2.45) is 23.2 Å². The van der Waals surface area contributed by atoms with E-state index < -0.39 is 0 Å². The van der Waals surface area contributed by atoms with Crippen LogP contribution >= 0.6 is 0 Å². The van der Waals surface area contributed by atoms with Crippen molar-refractivity contribution in [1.29, 1.82) is 0 Å². The van der Waals surface area contributed by atoms with Crippen molar-refractivity contribution in [3.8, 4) is 0 Å². The Labute approximate surface area is 164 Å². The molecule has 0 radical (unpaired) electrons. The lowest BCUT2D eigenvalue weighted by molar-refractivity contribution is -0.212. The van der Waals surface area contributed by atoms with Gasteiger partial charge in [0, 0.05) is 17.4 Å². The molecule has 0 aromatic carbocycles. The minimum absolute atomic E-state index is 0.0357. The maximum Gasteiger partial charge on any atom is 0.407 e. The molecule has 152 valence electrons. The molecule has 4 heteroatoms. The predicted molar refractivity (Wildman–Crippen MR) is 107 cm³/mol. The van der Waals surface area contributed by atoms with Crippen molar-refractivity contribution in [1.82, 2.24) is 5.32 Å². The third-order valence-corrected chi connectivity index (χ3v) is 8.36. The van der Waals surface area contributed by atoms with Crippen LogP contribution in [0.1, 0.15) is 78.6 Å². The number of fused-ring (bicyclic) bond motifs is 3. The van der Waals surface area contributed by atoms with Gasteiger partial charge in [0.15, 0.2) is 0 Å². The van der Waals surface area contributed by atoms with Gasteiger partial charge >= 0.3 is 6.09 Å². The first-order chi connectivity index (χ1) is 13.0. The van der Waals surface area contributed by atoms with Gasteiger partial charge in [-0.05, 0) is 44.4 Å².